The monoisotopic (exact) mass is 481 g/mol. The molecule has 2 rings (SSSR count). The zero-order chi connectivity index (χ0) is 19.1. The molecule has 5 nitrogen and oxygen atoms in total. The first-order valence-corrected chi connectivity index (χ1v) is 9.32. The van der Waals surface area contributed by atoms with E-state index in [0.29, 0.717) is 23.6 Å². The molecule has 0 aliphatic carbocycles. The number of nitrogens with one attached hydrogen (secondary N) is 1. The Hall–Kier alpha value is -2.12. The molecule has 0 bridgehead atoms. The van der Waals surface area contributed by atoms with Gasteiger partial charge in [-0.3, -0.25) is 4.79 Å². The van der Waals surface area contributed by atoms with E-state index >= 15 is 0 Å². The lowest BCUT2D eigenvalue weighted by atomic mass is 10.2. The van der Waals surface area contributed by atoms with Gasteiger partial charge in [-0.15, -0.1) is 0 Å². The summed E-state index contributed by atoms with van der Waals surface area (Å²) in [4.78, 5) is 23.7. The molecule has 0 aromatic heterocycles. The van der Waals surface area contributed by atoms with Gasteiger partial charge in [0.15, 0.2) is 0 Å². The van der Waals surface area contributed by atoms with E-state index in [4.69, 9.17) is 9.47 Å². The van der Waals surface area contributed by atoms with Crippen molar-refractivity contribution >= 4 is 55.5 Å². The average molecular weight is 483 g/mol. The zero-order valence-corrected chi connectivity index (χ0v) is 17.4. The molecule has 0 saturated heterocycles. The van der Waals surface area contributed by atoms with Crippen molar-refractivity contribution in [3.8, 4) is 5.75 Å². The third-order valence-corrected chi connectivity index (χ3v) is 4.37. The number of hydrogen-bond donors (Lipinski definition) is 1. The van der Waals surface area contributed by atoms with Crippen molar-refractivity contribution in [2.45, 2.75) is 6.92 Å². The van der Waals surface area contributed by atoms with Gasteiger partial charge in [-0.2, -0.15) is 0 Å². The Labute approximate surface area is 168 Å². The number of esters is 1. The summed E-state index contributed by atoms with van der Waals surface area (Å²) >= 11 is 6.83. The van der Waals surface area contributed by atoms with Gasteiger partial charge in [-0.05, 0) is 65.3 Å². The van der Waals surface area contributed by atoms with Crippen molar-refractivity contribution in [3.63, 3.8) is 0 Å². The van der Waals surface area contributed by atoms with Gasteiger partial charge in [-0.1, -0.05) is 15.9 Å². The van der Waals surface area contributed by atoms with E-state index in [9.17, 15) is 9.59 Å². The molecule has 0 aliphatic heterocycles. The van der Waals surface area contributed by atoms with Gasteiger partial charge in [0.25, 0.3) is 0 Å². The Kier molecular flexibility index (Phi) is 7.41. The SMILES string of the molecule is CCOC(=O)c1ccc(NC(=O)/C=C/c2cc(Br)cc(Br)c2OC)cc1. The second kappa shape index (κ2) is 9.54. The molecule has 0 saturated carbocycles. The van der Waals surface area contributed by atoms with Crippen molar-refractivity contribution in [1.82, 2.24) is 0 Å². The Morgan fingerprint density at radius 1 is 1.15 bits per heavy atom. The van der Waals surface area contributed by atoms with Crippen LogP contribution in [0.15, 0.2) is 51.4 Å². The minimum atomic E-state index is -0.391. The highest BCUT2D eigenvalue weighted by Gasteiger charge is 2.08. The first-order chi connectivity index (χ1) is 12.4. The maximum Gasteiger partial charge on any atom is 0.338 e. The van der Waals surface area contributed by atoms with Crippen LogP contribution < -0.4 is 10.1 Å². The van der Waals surface area contributed by atoms with Gasteiger partial charge in [0.1, 0.15) is 5.75 Å². The number of rotatable bonds is 6. The minimum absolute atomic E-state index is 0.299. The number of methoxy groups -OCH3 is 1. The third kappa shape index (κ3) is 5.44. The van der Waals surface area contributed by atoms with E-state index < -0.39 is 5.97 Å². The summed E-state index contributed by atoms with van der Waals surface area (Å²) < 4.78 is 11.9. The van der Waals surface area contributed by atoms with Crippen LogP contribution in [-0.2, 0) is 9.53 Å². The summed E-state index contributed by atoms with van der Waals surface area (Å²) in [5, 5.41) is 2.73. The largest absolute Gasteiger partial charge is 0.495 e. The molecule has 0 atom stereocenters. The van der Waals surface area contributed by atoms with Gasteiger partial charge in [0.05, 0.1) is 23.8 Å². The Morgan fingerprint density at radius 2 is 1.85 bits per heavy atom. The second-order valence-corrected chi connectivity index (χ2v) is 6.90. The number of anilines is 1. The number of amides is 1. The molecular formula is C19H17Br2NO4. The number of carbonyl (C=O) groups is 2. The van der Waals surface area contributed by atoms with Gasteiger partial charge in [0.2, 0.25) is 5.91 Å². The molecule has 0 unspecified atom stereocenters. The molecule has 2 aromatic rings. The number of hydrogen-bond acceptors (Lipinski definition) is 4. The maximum absolute atomic E-state index is 12.1. The fraction of sp³-hybridized carbons (Fsp3) is 0.158. The first-order valence-electron chi connectivity index (χ1n) is 7.74. The fourth-order valence-corrected chi connectivity index (χ4v) is 3.59. The van der Waals surface area contributed by atoms with Crippen LogP contribution in [-0.4, -0.2) is 25.6 Å². The quantitative estimate of drug-likeness (QED) is 0.462. The summed E-state index contributed by atoms with van der Waals surface area (Å²) in [6, 6.07) is 10.2. The summed E-state index contributed by atoms with van der Waals surface area (Å²) in [6.07, 6.45) is 3.08. The lowest BCUT2D eigenvalue weighted by molar-refractivity contribution is -0.111. The number of ether oxygens (including phenoxy) is 2. The van der Waals surface area contributed by atoms with Crippen molar-refractivity contribution in [3.05, 3.63) is 62.5 Å². The highest BCUT2D eigenvalue weighted by atomic mass is 79.9. The summed E-state index contributed by atoms with van der Waals surface area (Å²) in [5.41, 5.74) is 1.76. The highest BCUT2D eigenvalue weighted by molar-refractivity contribution is 9.11. The van der Waals surface area contributed by atoms with E-state index in [0.717, 1.165) is 14.5 Å². The van der Waals surface area contributed by atoms with Gasteiger partial charge in [0, 0.05) is 21.8 Å². The maximum atomic E-state index is 12.1. The summed E-state index contributed by atoms with van der Waals surface area (Å²) in [7, 11) is 1.57. The van der Waals surface area contributed by atoms with Crippen molar-refractivity contribution in [1.29, 1.82) is 0 Å². The van der Waals surface area contributed by atoms with Gasteiger partial charge < -0.3 is 14.8 Å². The summed E-state index contributed by atoms with van der Waals surface area (Å²) in [5.74, 6) is -0.0549. The molecule has 0 radical (unpaired) electrons. The molecule has 0 spiro atoms. The van der Waals surface area contributed by atoms with Gasteiger partial charge in [-0.25, -0.2) is 4.79 Å². The van der Waals surface area contributed by atoms with Crippen molar-refractivity contribution in [2.24, 2.45) is 0 Å². The van der Waals surface area contributed by atoms with E-state index in [1.54, 1.807) is 44.4 Å². The van der Waals surface area contributed by atoms with Gasteiger partial charge >= 0.3 is 5.97 Å². The van der Waals surface area contributed by atoms with Crippen LogP contribution in [0.2, 0.25) is 0 Å². The van der Waals surface area contributed by atoms with E-state index in [-0.39, 0.29) is 5.91 Å². The minimum Gasteiger partial charge on any atom is -0.495 e. The fourth-order valence-electron chi connectivity index (χ4n) is 2.17. The van der Waals surface area contributed by atoms with Crippen LogP contribution in [0, 0.1) is 0 Å². The zero-order valence-electron chi connectivity index (χ0n) is 14.2. The number of carbonyl (C=O) groups excluding carboxylic acids is 2. The van der Waals surface area contributed by atoms with Crippen LogP contribution in [0.4, 0.5) is 5.69 Å². The van der Waals surface area contributed by atoms with Crippen LogP contribution in [0.1, 0.15) is 22.8 Å². The molecule has 2 aromatic carbocycles. The number of halogens is 2. The normalized spacial score (nSPS) is 10.6. The third-order valence-electron chi connectivity index (χ3n) is 3.32. The smallest absolute Gasteiger partial charge is 0.338 e. The standard InChI is InChI=1S/C19H17Br2NO4/c1-3-26-19(24)12-4-7-15(8-5-12)22-17(23)9-6-13-10-14(20)11-16(21)18(13)25-2/h4-11H,3H2,1-2H3,(H,22,23)/b9-6+. The average Bonchev–Trinajstić information content (AvgIpc) is 2.60. The molecule has 26 heavy (non-hydrogen) atoms. The Bertz CT molecular complexity index is 832. The Morgan fingerprint density at radius 3 is 2.46 bits per heavy atom. The molecular weight excluding hydrogens is 466 g/mol. The van der Waals surface area contributed by atoms with E-state index in [1.165, 1.54) is 6.08 Å². The highest BCUT2D eigenvalue weighted by Crippen LogP contribution is 2.33. The van der Waals surface area contributed by atoms with Crippen molar-refractivity contribution < 1.29 is 19.1 Å². The summed E-state index contributed by atoms with van der Waals surface area (Å²) in [6.45, 7) is 2.06. The van der Waals surface area contributed by atoms with Crippen LogP contribution >= 0.6 is 31.9 Å². The predicted octanol–water partition coefficient (Wildman–Crippen LogP) is 5.05. The van der Waals surface area contributed by atoms with E-state index in [2.05, 4.69) is 37.2 Å². The molecule has 136 valence electrons. The molecule has 0 aliphatic rings. The van der Waals surface area contributed by atoms with E-state index in [1.807, 2.05) is 12.1 Å². The molecule has 7 heteroatoms. The molecule has 1 amide bonds. The van der Waals surface area contributed by atoms with Crippen LogP contribution in [0.25, 0.3) is 6.08 Å². The predicted molar refractivity (Wildman–Crippen MR) is 108 cm³/mol. The topological polar surface area (TPSA) is 64.6 Å². The lowest BCUT2D eigenvalue weighted by Gasteiger charge is -2.08. The number of benzene rings is 2. The van der Waals surface area contributed by atoms with Crippen molar-refractivity contribution in [2.75, 3.05) is 19.0 Å². The van der Waals surface area contributed by atoms with Crippen LogP contribution in [0.5, 0.6) is 5.75 Å². The molecule has 0 fully saturated rings. The first kappa shape index (κ1) is 20.2. The molecule has 0 heterocycles. The van der Waals surface area contributed by atoms with Crippen LogP contribution in [0.3, 0.4) is 0 Å². The molecule has 1 N–H and O–H groups in total. The second-order valence-electron chi connectivity index (χ2n) is 5.13. The Balaban J connectivity index is 2.07. The lowest BCUT2D eigenvalue weighted by Crippen LogP contribution is -2.09.